The molecule has 1 N–H and O–H groups in total. The lowest BCUT2D eigenvalue weighted by Crippen LogP contribution is -2.21. The Morgan fingerprint density at radius 1 is 1.33 bits per heavy atom. The highest BCUT2D eigenvalue weighted by Gasteiger charge is 2.03. The Bertz CT molecular complexity index is 315. The summed E-state index contributed by atoms with van der Waals surface area (Å²) in [6, 6.07) is 0. The third kappa shape index (κ3) is 5.69. The minimum Gasteiger partial charge on any atom is -0.358 e. The van der Waals surface area contributed by atoms with Crippen molar-refractivity contribution in [3.05, 3.63) is 18.1 Å². The van der Waals surface area contributed by atoms with Crippen molar-refractivity contribution in [3.8, 4) is 0 Å². The van der Waals surface area contributed by atoms with Gasteiger partial charge in [0.25, 0.3) is 0 Å². The van der Waals surface area contributed by atoms with Gasteiger partial charge in [0.05, 0.1) is 18.1 Å². The lowest BCUT2D eigenvalue weighted by atomic mass is 10.4. The summed E-state index contributed by atoms with van der Waals surface area (Å²) in [6.45, 7) is 5.02. The molecule has 0 bridgehead atoms. The maximum absolute atomic E-state index is 4.45. The first-order valence-electron chi connectivity index (χ1n) is 6.49. The zero-order valence-corrected chi connectivity index (χ0v) is 12.5. The zero-order chi connectivity index (χ0) is 13.2. The third-order valence-electron chi connectivity index (χ3n) is 2.66. The molecule has 1 rings (SSSR count). The van der Waals surface area contributed by atoms with Gasteiger partial charge in [-0.25, -0.2) is 4.98 Å². The molecule has 0 saturated carbocycles. The molecule has 0 fully saturated rings. The average Bonchev–Trinajstić information content (AvgIpc) is 2.40. The molecule has 0 aliphatic rings. The smallest absolute Gasteiger partial charge is 0.146 e. The van der Waals surface area contributed by atoms with Gasteiger partial charge in [0.1, 0.15) is 5.82 Å². The van der Waals surface area contributed by atoms with Crippen LogP contribution >= 0.6 is 11.8 Å². The maximum Gasteiger partial charge on any atom is 0.146 e. The number of hydrogen-bond donors (Lipinski definition) is 1. The van der Waals surface area contributed by atoms with Crippen LogP contribution in [0.1, 0.15) is 25.5 Å². The number of nitrogens with one attached hydrogen (secondary N) is 1. The van der Waals surface area contributed by atoms with E-state index in [1.807, 2.05) is 24.2 Å². The van der Waals surface area contributed by atoms with Gasteiger partial charge in [-0.1, -0.05) is 6.92 Å². The van der Waals surface area contributed by atoms with Crippen LogP contribution in [0.4, 0.5) is 5.82 Å². The van der Waals surface area contributed by atoms with E-state index in [1.165, 1.54) is 12.2 Å². The Balaban J connectivity index is 2.38. The standard InChI is InChI=1S/C13H24N4S/c1-4-6-14-9-12-10-16-13(11-15-12)17(2)7-5-8-18-3/h10-11,14H,4-9H2,1-3H3. The van der Waals surface area contributed by atoms with Crippen molar-refractivity contribution in [2.24, 2.45) is 0 Å². The summed E-state index contributed by atoms with van der Waals surface area (Å²) in [5.41, 5.74) is 1.00. The van der Waals surface area contributed by atoms with Crippen LogP contribution < -0.4 is 10.2 Å². The molecule has 0 unspecified atom stereocenters. The normalized spacial score (nSPS) is 10.6. The Morgan fingerprint density at radius 2 is 2.17 bits per heavy atom. The van der Waals surface area contributed by atoms with E-state index in [2.05, 4.69) is 40.4 Å². The van der Waals surface area contributed by atoms with Crippen molar-refractivity contribution in [1.29, 1.82) is 0 Å². The molecule has 0 radical (unpaired) electrons. The van der Waals surface area contributed by atoms with Crippen molar-refractivity contribution in [3.63, 3.8) is 0 Å². The van der Waals surface area contributed by atoms with Crippen molar-refractivity contribution < 1.29 is 0 Å². The molecule has 5 heteroatoms. The van der Waals surface area contributed by atoms with Gasteiger partial charge in [-0.05, 0) is 31.4 Å². The summed E-state index contributed by atoms with van der Waals surface area (Å²) >= 11 is 1.88. The summed E-state index contributed by atoms with van der Waals surface area (Å²) in [5.74, 6) is 2.15. The molecule has 0 spiro atoms. The number of rotatable bonds is 9. The molecule has 0 amide bonds. The highest BCUT2D eigenvalue weighted by atomic mass is 32.2. The van der Waals surface area contributed by atoms with Crippen molar-refractivity contribution in [1.82, 2.24) is 15.3 Å². The molecule has 0 saturated heterocycles. The predicted molar refractivity (Wildman–Crippen MR) is 80.3 cm³/mol. The molecular formula is C13H24N4S. The lowest BCUT2D eigenvalue weighted by molar-refractivity contribution is 0.661. The summed E-state index contributed by atoms with van der Waals surface area (Å²) in [7, 11) is 2.07. The van der Waals surface area contributed by atoms with E-state index in [4.69, 9.17) is 0 Å². The minimum atomic E-state index is 0.803. The van der Waals surface area contributed by atoms with Gasteiger partial charge < -0.3 is 10.2 Å². The fourth-order valence-electron chi connectivity index (χ4n) is 1.59. The van der Waals surface area contributed by atoms with E-state index >= 15 is 0 Å². The van der Waals surface area contributed by atoms with Crippen LogP contribution in [0.5, 0.6) is 0 Å². The fourth-order valence-corrected chi connectivity index (χ4v) is 2.01. The SMILES string of the molecule is CCCNCc1cnc(N(C)CCCSC)cn1. The van der Waals surface area contributed by atoms with Crippen LogP contribution in [0.2, 0.25) is 0 Å². The van der Waals surface area contributed by atoms with Crippen molar-refractivity contribution >= 4 is 17.6 Å². The molecule has 1 heterocycles. The Morgan fingerprint density at radius 3 is 2.78 bits per heavy atom. The number of aromatic nitrogens is 2. The number of thioether (sulfide) groups is 1. The molecule has 1 aromatic heterocycles. The van der Waals surface area contributed by atoms with Crippen molar-refractivity contribution in [2.75, 3.05) is 37.0 Å². The molecule has 18 heavy (non-hydrogen) atoms. The second kappa shape index (κ2) is 9.16. The van der Waals surface area contributed by atoms with E-state index in [0.29, 0.717) is 0 Å². The summed E-state index contributed by atoms with van der Waals surface area (Å²) in [4.78, 5) is 11.0. The predicted octanol–water partition coefficient (Wildman–Crippen LogP) is 2.17. The molecule has 0 aromatic carbocycles. The Hall–Kier alpha value is -0.810. The fraction of sp³-hybridized carbons (Fsp3) is 0.692. The zero-order valence-electron chi connectivity index (χ0n) is 11.6. The monoisotopic (exact) mass is 268 g/mol. The van der Waals surface area contributed by atoms with Crippen LogP contribution in [-0.4, -0.2) is 42.1 Å². The maximum atomic E-state index is 4.45. The van der Waals surface area contributed by atoms with Crippen LogP contribution in [0.3, 0.4) is 0 Å². The van der Waals surface area contributed by atoms with Crippen molar-refractivity contribution in [2.45, 2.75) is 26.3 Å². The lowest BCUT2D eigenvalue weighted by Gasteiger charge is -2.17. The average molecular weight is 268 g/mol. The van der Waals surface area contributed by atoms with Gasteiger partial charge in [0, 0.05) is 20.1 Å². The molecular weight excluding hydrogens is 244 g/mol. The first-order chi connectivity index (χ1) is 8.77. The second-order valence-corrected chi connectivity index (χ2v) is 5.30. The van der Waals surface area contributed by atoms with Crippen LogP contribution in [-0.2, 0) is 6.54 Å². The second-order valence-electron chi connectivity index (χ2n) is 4.31. The quantitative estimate of drug-likeness (QED) is 0.695. The summed E-state index contributed by atoms with van der Waals surface area (Å²) in [6.07, 6.45) is 8.19. The highest BCUT2D eigenvalue weighted by molar-refractivity contribution is 7.98. The van der Waals surface area contributed by atoms with Gasteiger partial charge in [0.2, 0.25) is 0 Å². The summed E-state index contributed by atoms with van der Waals surface area (Å²) < 4.78 is 0. The van der Waals surface area contributed by atoms with E-state index in [-0.39, 0.29) is 0 Å². The minimum absolute atomic E-state index is 0.803. The first-order valence-corrected chi connectivity index (χ1v) is 7.89. The van der Waals surface area contributed by atoms with Gasteiger partial charge in [-0.15, -0.1) is 0 Å². The molecule has 0 atom stereocenters. The highest BCUT2D eigenvalue weighted by Crippen LogP contribution is 2.08. The number of nitrogens with zero attached hydrogens (tertiary/aromatic N) is 3. The number of anilines is 1. The molecule has 0 aliphatic carbocycles. The van der Waals surface area contributed by atoms with Crippen LogP contribution in [0.15, 0.2) is 12.4 Å². The van der Waals surface area contributed by atoms with E-state index in [0.717, 1.165) is 37.6 Å². The van der Waals surface area contributed by atoms with E-state index < -0.39 is 0 Å². The molecule has 1 aromatic rings. The van der Waals surface area contributed by atoms with Gasteiger partial charge >= 0.3 is 0 Å². The Labute approximate surface area is 115 Å². The Kier molecular flexibility index (Phi) is 7.76. The first kappa shape index (κ1) is 15.2. The largest absolute Gasteiger partial charge is 0.358 e. The van der Waals surface area contributed by atoms with Gasteiger partial charge in [-0.3, -0.25) is 4.98 Å². The van der Waals surface area contributed by atoms with Crippen LogP contribution in [0, 0.1) is 0 Å². The topological polar surface area (TPSA) is 41.1 Å². The summed E-state index contributed by atoms with van der Waals surface area (Å²) in [5, 5.41) is 3.32. The third-order valence-corrected chi connectivity index (χ3v) is 3.35. The molecule has 102 valence electrons. The van der Waals surface area contributed by atoms with E-state index in [1.54, 1.807) is 0 Å². The van der Waals surface area contributed by atoms with Gasteiger partial charge in [-0.2, -0.15) is 11.8 Å². The molecule has 4 nitrogen and oxygen atoms in total. The number of hydrogen-bond acceptors (Lipinski definition) is 5. The van der Waals surface area contributed by atoms with E-state index in [9.17, 15) is 0 Å². The van der Waals surface area contributed by atoms with Gasteiger partial charge in [0.15, 0.2) is 0 Å². The van der Waals surface area contributed by atoms with Crippen LogP contribution in [0.25, 0.3) is 0 Å². The molecule has 0 aliphatic heterocycles.